The van der Waals surface area contributed by atoms with Gasteiger partial charge < -0.3 is 7.80 Å². The Labute approximate surface area is 148 Å². The molecule has 0 saturated carbocycles. The second-order valence-electron chi connectivity index (χ2n) is 5.53. The fourth-order valence-corrected chi connectivity index (χ4v) is 3.50. The average molecular weight is 415 g/mol. The summed E-state index contributed by atoms with van der Waals surface area (Å²) in [5.74, 6) is 2.46. The zero-order chi connectivity index (χ0) is 16.0. The summed E-state index contributed by atoms with van der Waals surface area (Å²) in [6, 6.07) is 7.91. The van der Waals surface area contributed by atoms with Gasteiger partial charge in [-0.3, -0.25) is 0 Å². The lowest BCUT2D eigenvalue weighted by Gasteiger charge is -2.22. The van der Waals surface area contributed by atoms with E-state index in [4.69, 9.17) is 12.8 Å². The number of hydrogen-bond acceptors (Lipinski definition) is 3. The number of halogens is 1. The molecule has 2 aromatic rings. The Morgan fingerprint density at radius 2 is 2.09 bits per heavy atom. The molecule has 0 atom stereocenters. The Morgan fingerprint density at radius 3 is 2.87 bits per heavy atom. The van der Waals surface area contributed by atoms with E-state index < -0.39 is 0 Å². The van der Waals surface area contributed by atoms with Crippen molar-refractivity contribution in [2.24, 2.45) is 0 Å². The minimum absolute atomic E-state index is 0.721. The topological polar surface area (TPSA) is 31.4 Å². The van der Waals surface area contributed by atoms with Gasteiger partial charge in [-0.15, -0.1) is 0 Å². The van der Waals surface area contributed by atoms with Gasteiger partial charge in [0.1, 0.15) is 17.3 Å². The van der Waals surface area contributed by atoms with Gasteiger partial charge >= 0.3 is 0 Å². The third-order valence-corrected chi connectivity index (χ3v) is 4.82. The minimum Gasteiger partial charge on any atom is -0.456 e. The lowest BCUT2D eigenvalue weighted by molar-refractivity contribution is 0.510. The maximum Gasteiger partial charge on any atom is 0.192 e. The molecule has 114 valence electrons. The number of fused-ring (bicyclic) bond motifs is 4. The van der Waals surface area contributed by atoms with E-state index in [-0.39, 0.29) is 0 Å². The Kier molecular flexibility index (Phi) is 3.49. The number of nitrogens with zero attached hydrogens (tertiary/aromatic N) is 1. The summed E-state index contributed by atoms with van der Waals surface area (Å²) in [5.41, 5.74) is 3.98. The van der Waals surface area contributed by atoms with E-state index in [2.05, 4.69) is 13.2 Å². The second kappa shape index (κ2) is 5.53. The van der Waals surface area contributed by atoms with E-state index in [1.807, 2.05) is 53.3 Å². The molecule has 1 aliphatic carbocycles. The molecule has 0 spiro atoms. The molecule has 0 bridgehead atoms. The number of hydrogen-bond donors (Lipinski definition) is 0. The van der Waals surface area contributed by atoms with Gasteiger partial charge in [0.05, 0.1) is 16.6 Å². The molecule has 0 saturated heterocycles. The van der Waals surface area contributed by atoms with Crippen molar-refractivity contribution in [2.45, 2.75) is 12.8 Å². The molecule has 0 N–H and O–H groups in total. The highest BCUT2D eigenvalue weighted by molar-refractivity contribution is 14.1. The van der Waals surface area contributed by atoms with Gasteiger partial charge in [-0.25, -0.2) is 4.98 Å². The number of pyridine rings is 1. The van der Waals surface area contributed by atoms with E-state index in [1.54, 1.807) is 6.08 Å². The number of benzene rings is 1. The Hall–Kier alpha value is -2.08. The van der Waals surface area contributed by atoms with Crippen LogP contribution in [-0.4, -0.2) is 4.98 Å². The Balaban J connectivity index is 2.12. The molecule has 0 unspecified atom stereocenters. The fraction of sp³-hybridized carbons (Fsp3) is 0.105. The summed E-state index contributed by atoms with van der Waals surface area (Å²) in [7, 11) is 0. The molecular formula is C19H14INO2. The van der Waals surface area contributed by atoms with Crippen molar-refractivity contribution in [2.75, 3.05) is 0 Å². The molecule has 4 rings (SSSR count). The van der Waals surface area contributed by atoms with Gasteiger partial charge in [-0.1, -0.05) is 25.3 Å². The van der Waals surface area contributed by atoms with Crippen molar-refractivity contribution in [1.29, 1.82) is 0 Å². The van der Waals surface area contributed by atoms with Gasteiger partial charge in [0.25, 0.3) is 0 Å². The first-order chi connectivity index (χ1) is 11.2. The number of ether oxygens (including phenoxy) is 1. The van der Waals surface area contributed by atoms with Crippen LogP contribution in [0.1, 0.15) is 17.7 Å². The van der Waals surface area contributed by atoms with Crippen LogP contribution < -0.4 is 15.2 Å². The van der Waals surface area contributed by atoms with E-state index in [1.165, 1.54) is 0 Å². The standard InChI is InChI=1S/C19H14INO2/c1-3-16-18-11(2)13-9-8-12(23-20)10-15(13)21-19(18)14-6-4-5-7-17(14)22-16/h3-7,10H,1-2,8-9H2. The van der Waals surface area contributed by atoms with Crippen LogP contribution in [0.5, 0.6) is 5.75 Å². The van der Waals surface area contributed by atoms with E-state index in [0.717, 1.165) is 63.1 Å². The molecule has 0 fully saturated rings. The van der Waals surface area contributed by atoms with Gasteiger partial charge in [0.2, 0.25) is 0 Å². The van der Waals surface area contributed by atoms with Crippen LogP contribution in [0.25, 0.3) is 29.7 Å². The van der Waals surface area contributed by atoms with Crippen molar-refractivity contribution in [1.82, 2.24) is 4.98 Å². The second-order valence-corrected chi connectivity index (χ2v) is 5.97. The van der Waals surface area contributed by atoms with E-state index in [9.17, 15) is 0 Å². The summed E-state index contributed by atoms with van der Waals surface area (Å²) < 4.78 is 11.4. The van der Waals surface area contributed by atoms with Gasteiger partial charge in [0, 0.05) is 18.1 Å². The van der Waals surface area contributed by atoms with Crippen molar-refractivity contribution in [3.63, 3.8) is 0 Å². The Morgan fingerprint density at radius 1 is 1.26 bits per heavy atom. The first-order valence-corrected chi connectivity index (χ1v) is 8.26. The third-order valence-electron chi connectivity index (χ3n) is 4.26. The summed E-state index contributed by atoms with van der Waals surface area (Å²) in [6.07, 6.45) is 5.47. The van der Waals surface area contributed by atoms with Crippen LogP contribution in [0.15, 0.2) is 42.7 Å². The highest BCUT2D eigenvalue weighted by Gasteiger charge is 2.23. The van der Waals surface area contributed by atoms with Crippen LogP contribution in [0, 0.1) is 0 Å². The molecule has 3 nitrogen and oxygen atoms in total. The molecule has 2 aliphatic rings. The molecule has 4 heteroatoms. The predicted molar refractivity (Wildman–Crippen MR) is 100 cm³/mol. The first kappa shape index (κ1) is 14.5. The van der Waals surface area contributed by atoms with Gasteiger partial charge in [-0.05, 0) is 35.4 Å². The van der Waals surface area contributed by atoms with Crippen LogP contribution in [0.3, 0.4) is 0 Å². The predicted octanol–water partition coefficient (Wildman–Crippen LogP) is 3.50. The fourth-order valence-electron chi connectivity index (χ4n) is 3.15. The van der Waals surface area contributed by atoms with Crippen LogP contribution in [-0.2, 0) is 9.49 Å². The molecule has 23 heavy (non-hydrogen) atoms. The molecule has 1 aromatic carbocycles. The number of rotatable bonds is 2. The quantitative estimate of drug-likeness (QED) is 0.704. The summed E-state index contributed by atoms with van der Waals surface area (Å²) in [4.78, 5) is 4.90. The van der Waals surface area contributed by atoms with Crippen LogP contribution in [0.4, 0.5) is 0 Å². The first-order valence-electron chi connectivity index (χ1n) is 7.38. The molecule has 2 heterocycles. The zero-order valence-electron chi connectivity index (χ0n) is 12.4. The third kappa shape index (κ3) is 2.20. The summed E-state index contributed by atoms with van der Waals surface area (Å²) in [5, 5.41) is 1.92. The Bertz CT molecular complexity index is 976. The lowest BCUT2D eigenvalue weighted by Crippen LogP contribution is -2.37. The molecule has 0 radical (unpaired) electrons. The van der Waals surface area contributed by atoms with Gasteiger partial charge in [-0.2, -0.15) is 0 Å². The van der Waals surface area contributed by atoms with Gasteiger partial charge in [0.15, 0.2) is 23.0 Å². The summed E-state index contributed by atoms with van der Waals surface area (Å²) >= 11 is 1.92. The number of allylic oxidation sites excluding steroid dienone is 1. The number of para-hydroxylation sites is 1. The minimum atomic E-state index is 0.721. The van der Waals surface area contributed by atoms with E-state index in [0.29, 0.717) is 0 Å². The maximum atomic E-state index is 6.00. The average Bonchev–Trinajstić information content (AvgIpc) is 2.60. The lowest BCUT2D eigenvalue weighted by atomic mass is 9.94. The van der Waals surface area contributed by atoms with Crippen molar-refractivity contribution >= 4 is 41.4 Å². The molecule has 1 aromatic heterocycles. The van der Waals surface area contributed by atoms with Crippen LogP contribution in [0.2, 0.25) is 0 Å². The largest absolute Gasteiger partial charge is 0.456 e. The monoisotopic (exact) mass is 415 g/mol. The molecule has 0 amide bonds. The van der Waals surface area contributed by atoms with Crippen molar-refractivity contribution in [3.8, 4) is 17.0 Å². The van der Waals surface area contributed by atoms with Crippen LogP contribution >= 0.6 is 23.0 Å². The SMILES string of the molecule is C=CC1=c2c(nc3c(c2=C)CCC(OI)=C3)-c2ccccc2O1. The van der Waals surface area contributed by atoms with E-state index >= 15 is 0 Å². The normalized spacial score (nSPS) is 14.8. The highest BCUT2D eigenvalue weighted by Crippen LogP contribution is 2.32. The molecule has 1 aliphatic heterocycles. The van der Waals surface area contributed by atoms with Crippen molar-refractivity contribution in [3.05, 3.63) is 64.4 Å². The number of aromatic nitrogens is 1. The smallest absolute Gasteiger partial charge is 0.192 e. The maximum absolute atomic E-state index is 6.00. The van der Waals surface area contributed by atoms with Crippen molar-refractivity contribution < 1.29 is 7.80 Å². The highest BCUT2D eigenvalue weighted by atomic mass is 127. The summed E-state index contributed by atoms with van der Waals surface area (Å²) in [6.45, 7) is 8.19. The molecular weight excluding hydrogens is 401 g/mol. The zero-order valence-corrected chi connectivity index (χ0v) is 14.6.